The van der Waals surface area contributed by atoms with Crippen LogP contribution in [0.1, 0.15) is 37.8 Å². The van der Waals surface area contributed by atoms with E-state index in [1.54, 1.807) is 6.07 Å². The molecule has 20 heavy (non-hydrogen) atoms. The number of hydrogen-bond acceptors (Lipinski definition) is 2. The van der Waals surface area contributed by atoms with E-state index in [1.165, 1.54) is 12.8 Å². The van der Waals surface area contributed by atoms with Crippen molar-refractivity contribution in [1.29, 1.82) is 0 Å². The Morgan fingerprint density at radius 3 is 2.10 bits per heavy atom. The van der Waals surface area contributed by atoms with Crippen molar-refractivity contribution in [2.45, 2.75) is 52.6 Å². The summed E-state index contributed by atoms with van der Waals surface area (Å²) in [4.78, 5) is 4.85. The van der Waals surface area contributed by atoms with E-state index < -0.39 is 0 Å². The maximum absolute atomic E-state index is 13.9. The van der Waals surface area contributed by atoms with Gasteiger partial charge in [0.05, 0.1) is 0 Å². The molecule has 112 valence electrons. The van der Waals surface area contributed by atoms with Gasteiger partial charge in [-0.05, 0) is 57.0 Å². The van der Waals surface area contributed by atoms with E-state index in [4.69, 9.17) is 0 Å². The third-order valence-corrected chi connectivity index (χ3v) is 4.55. The minimum atomic E-state index is -0.0664. The van der Waals surface area contributed by atoms with Crippen LogP contribution in [0.3, 0.4) is 0 Å². The molecule has 2 aliphatic rings. The second kappa shape index (κ2) is 6.13. The Balaban J connectivity index is 0.000000704. The summed E-state index contributed by atoms with van der Waals surface area (Å²) in [6, 6.07) is 5.00. The first-order valence-electron chi connectivity index (χ1n) is 7.80. The molecule has 3 heteroatoms. The van der Waals surface area contributed by atoms with Crippen LogP contribution in [0.25, 0.3) is 0 Å². The number of hydrogen-bond donors (Lipinski definition) is 0. The van der Waals surface area contributed by atoms with Gasteiger partial charge in [0.15, 0.2) is 0 Å². The zero-order chi connectivity index (χ0) is 14.9. The summed E-state index contributed by atoms with van der Waals surface area (Å²) in [5, 5.41) is 0. The molecule has 0 N–H and O–H groups in total. The van der Waals surface area contributed by atoms with Crippen molar-refractivity contribution in [1.82, 2.24) is 4.90 Å². The Bertz CT molecular complexity index is 435. The molecule has 0 saturated carbocycles. The first-order valence-corrected chi connectivity index (χ1v) is 7.80. The number of anilines is 1. The standard InChI is InChI=1S/C15H21FN2.C2H6/c1-10-6-14(7-15(16)11(10)2)18-12-4-5-13(18)9-17(3)8-12;1-2/h6-7,12-13H,4-5,8-9H2,1-3H3;1-2H3. The zero-order valence-corrected chi connectivity index (χ0v) is 13.4. The molecule has 2 fully saturated rings. The number of fused-ring (bicyclic) bond motifs is 2. The molecule has 0 aromatic heterocycles. The van der Waals surface area contributed by atoms with Gasteiger partial charge in [-0.15, -0.1) is 0 Å². The highest BCUT2D eigenvalue weighted by molar-refractivity contribution is 5.54. The van der Waals surface area contributed by atoms with Crippen molar-refractivity contribution >= 4 is 5.69 Å². The van der Waals surface area contributed by atoms with Crippen molar-refractivity contribution in [3.05, 3.63) is 29.1 Å². The molecule has 2 bridgehead atoms. The fraction of sp³-hybridized carbons (Fsp3) is 0.647. The van der Waals surface area contributed by atoms with Gasteiger partial charge in [-0.2, -0.15) is 0 Å². The number of halogens is 1. The Kier molecular flexibility index (Phi) is 4.69. The molecule has 2 heterocycles. The lowest BCUT2D eigenvalue weighted by Crippen LogP contribution is -2.52. The third kappa shape index (κ3) is 2.69. The van der Waals surface area contributed by atoms with Crippen molar-refractivity contribution in [3.8, 4) is 0 Å². The second-order valence-corrected chi connectivity index (χ2v) is 5.88. The fourth-order valence-corrected chi connectivity index (χ4v) is 3.48. The molecule has 0 amide bonds. The lowest BCUT2D eigenvalue weighted by molar-refractivity contribution is 0.264. The number of rotatable bonds is 1. The van der Waals surface area contributed by atoms with E-state index in [0.717, 1.165) is 29.9 Å². The number of likely N-dealkylation sites (N-methyl/N-ethyl adjacent to an activating group) is 1. The van der Waals surface area contributed by atoms with Crippen LogP contribution in [-0.2, 0) is 0 Å². The van der Waals surface area contributed by atoms with Crippen molar-refractivity contribution in [3.63, 3.8) is 0 Å². The van der Waals surface area contributed by atoms with Crippen LogP contribution < -0.4 is 4.90 Å². The van der Waals surface area contributed by atoms with Gasteiger partial charge < -0.3 is 9.80 Å². The van der Waals surface area contributed by atoms with Gasteiger partial charge in [0.25, 0.3) is 0 Å². The van der Waals surface area contributed by atoms with Crippen molar-refractivity contribution < 1.29 is 4.39 Å². The summed E-state index contributed by atoms with van der Waals surface area (Å²) in [5.74, 6) is -0.0664. The van der Waals surface area contributed by atoms with Gasteiger partial charge in [-0.3, -0.25) is 0 Å². The van der Waals surface area contributed by atoms with Gasteiger partial charge in [-0.25, -0.2) is 4.39 Å². The van der Waals surface area contributed by atoms with Crippen LogP contribution in [0.5, 0.6) is 0 Å². The molecule has 2 aliphatic heterocycles. The summed E-state index contributed by atoms with van der Waals surface area (Å²) in [6.07, 6.45) is 2.48. The lowest BCUT2D eigenvalue weighted by Gasteiger charge is -2.41. The molecule has 2 unspecified atom stereocenters. The van der Waals surface area contributed by atoms with Crippen LogP contribution in [0.15, 0.2) is 12.1 Å². The van der Waals surface area contributed by atoms with E-state index in [1.807, 2.05) is 27.7 Å². The average molecular weight is 278 g/mol. The predicted octanol–water partition coefficient (Wildman–Crippen LogP) is 3.75. The van der Waals surface area contributed by atoms with Crippen LogP contribution in [0.4, 0.5) is 10.1 Å². The number of benzene rings is 1. The predicted molar refractivity (Wildman–Crippen MR) is 84.0 cm³/mol. The van der Waals surface area contributed by atoms with Gasteiger partial charge in [0, 0.05) is 30.9 Å². The highest BCUT2D eigenvalue weighted by Gasteiger charge is 2.38. The molecule has 1 aromatic rings. The molecule has 3 rings (SSSR count). The van der Waals surface area contributed by atoms with E-state index >= 15 is 0 Å². The fourth-order valence-electron chi connectivity index (χ4n) is 3.48. The van der Waals surface area contributed by atoms with Crippen LogP contribution in [-0.4, -0.2) is 37.1 Å². The largest absolute Gasteiger partial charge is 0.363 e. The molecule has 1 aromatic carbocycles. The zero-order valence-electron chi connectivity index (χ0n) is 13.4. The first kappa shape index (κ1) is 15.3. The summed E-state index contributed by atoms with van der Waals surface area (Å²) in [6.45, 7) is 10.1. The average Bonchev–Trinajstić information content (AvgIpc) is 2.70. The Labute approximate surface area is 122 Å². The molecular formula is C17H27FN2. The van der Waals surface area contributed by atoms with Gasteiger partial charge in [0.1, 0.15) is 5.82 Å². The van der Waals surface area contributed by atoms with E-state index in [2.05, 4.69) is 22.9 Å². The third-order valence-electron chi connectivity index (χ3n) is 4.55. The molecule has 0 aliphatic carbocycles. The van der Waals surface area contributed by atoms with E-state index in [9.17, 15) is 4.39 Å². The van der Waals surface area contributed by atoms with E-state index in [0.29, 0.717) is 12.1 Å². The summed E-state index contributed by atoms with van der Waals surface area (Å²) < 4.78 is 13.9. The Morgan fingerprint density at radius 1 is 1.05 bits per heavy atom. The molecule has 2 nitrogen and oxygen atoms in total. The number of piperazine rings is 1. The molecule has 0 radical (unpaired) electrons. The highest BCUT2D eigenvalue weighted by Crippen LogP contribution is 2.35. The topological polar surface area (TPSA) is 6.48 Å². The van der Waals surface area contributed by atoms with Gasteiger partial charge in [-0.1, -0.05) is 13.8 Å². The minimum Gasteiger partial charge on any atom is -0.363 e. The Morgan fingerprint density at radius 2 is 1.60 bits per heavy atom. The molecule has 2 saturated heterocycles. The summed E-state index contributed by atoms with van der Waals surface area (Å²) in [7, 11) is 2.18. The van der Waals surface area contributed by atoms with Crippen molar-refractivity contribution in [2.24, 2.45) is 0 Å². The number of likely N-dealkylation sites (tertiary alicyclic amines) is 1. The van der Waals surface area contributed by atoms with Gasteiger partial charge in [0.2, 0.25) is 0 Å². The smallest absolute Gasteiger partial charge is 0.128 e. The molecular weight excluding hydrogens is 251 g/mol. The summed E-state index contributed by atoms with van der Waals surface area (Å²) in [5.41, 5.74) is 2.92. The molecule has 0 spiro atoms. The maximum atomic E-state index is 13.9. The SMILES string of the molecule is CC.Cc1cc(N2C3CCC2CN(C)C3)cc(F)c1C. The summed E-state index contributed by atoms with van der Waals surface area (Å²) >= 11 is 0. The number of nitrogens with zero attached hydrogens (tertiary/aromatic N) is 2. The van der Waals surface area contributed by atoms with Crippen LogP contribution >= 0.6 is 0 Å². The monoisotopic (exact) mass is 278 g/mol. The Hall–Kier alpha value is -1.09. The van der Waals surface area contributed by atoms with Crippen molar-refractivity contribution in [2.75, 3.05) is 25.0 Å². The quantitative estimate of drug-likeness (QED) is 0.772. The first-order chi connectivity index (χ1) is 9.56. The number of aryl methyl sites for hydroxylation is 1. The molecule has 2 atom stereocenters. The lowest BCUT2D eigenvalue weighted by atomic mass is 10.1. The normalized spacial score (nSPS) is 25.4. The van der Waals surface area contributed by atoms with Crippen LogP contribution in [0, 0.1) is 19.7 Å². The second-order valence-electron chi connectivity index (χ2n) is 5.88. The van der Waals surface area contributed by atoms with E-state index in [-0.39, 0.29) is 5.82 Å². The minimum absolute atomic E-state index is 0.0664. The van der Waals surface area contributed by atoms with Crippen LogP contribution in [0.2, 0.25) is 0 Å². The maximum Gasteiger partial charge on any atom is 0.128 e. The highest BCUT2D eigenvalue weighted by atomic mass is 19.1. The van der Waals surface area contributed by atoms with Gasteiger partial charge >= 0.3 is 0 Å².